The fourth-order valence-electron chi connectivity index (χ4n) is 2.84. The molecule has 2 nitrogen and oxygen atoms in total. The molecule has 2 heteroatoms. The first-order valence-corrected chi connectivity index (χ1v) is 6.93. The van der Waals surface area contributed by atoms with Crippen LogP contribution in [0.25, 0.3) is 5.57 Å². The zero-order valence-electron chi connectivity index (χ0n) is 11.2. The van der Waals surface area contributed by atoms with Gasteiger partial charge in [-0.3, -0.25) is 0 Å². The van der Waals surface area contributed by atoms with Gasteiger partial charge in [0.1, 0.15) is 0 Å². The lowest BCUT2D eigenvalue weighted by atomic mass is 9.80. The van der Waals surface area contributed by atoms with Gasteiger partial charge in [0.2, 0.25) is 0 Å². The molecule has 0 amide bonds. The maximum Gasteiger partial charge on any atom is 0.0945 e. The van der Waals surface area contributed by atoms with E-state index in [0.717, 1.165) is 29.7 Å². The number of rotatable bonds is 2. The van der Waals surface area contributed by atoms with E-state index in [1.807, 2.05) is 36.4 Å². The summed E-state index contributed by atoms with van der Waals surface area (Å²) < 4.78 is 0. The molecular weight excluding hydrogens is 246 g/mol. The molecule has 0 unspecified atom stereocenters. The largest absolute Gasteiger partial charge is 0.411 e. The average molecular weight is 263 g/mol. The van der Waals surface area contributed by atoms with Crippen LogP contribution < -0.4 is 0 Å². The molecule has 0 aromatic heterocycles. The van der Waals surface area contributed by atoms with Gasteiger partial charge in [-0.1, -0.05) is 71.9 Å². The Morgan fingerprint density at radius 3 is 2.20 bits per heavy atom. The van der Waals surface area contributed by atoms with E-state index in [1.165, 1.54) is 5.56 Å². The molecule has 3 rings (SSSR count). The molecule has 1 aliphatic carbocycles. The third kappa shape index (κ3) is 2.37. The summed E-state index contributed by atoms with van der Waals surface area (Å²) in [6, 6.07) is 20.4. The molecule has 2 aromatic rings. The summed E-state index contributed by atoms with van der Waals surface area (Å²) in [5.74, 6) is 0.168. The minimum absolute atomic E-state index is 0.168. The summed E-state index contributed by atoms with van der Waals surface area (Å²) in [5.41, 5.74) is 4.14. The molecule has 0 heterocycles. The lowest BCUT2D eigenvalue weighted by Gasteiger charge is -2.24. The molecule has 20 heavy (non-hydrogen) atoms. The molecule has 0 spiro atoms. The molecule has 0 bridgehead atoms. The van der Waals surface area contributed by atoms with Gasteiger partial charge in [0.25, 0.3) is 0 Å². The quantitative estimate of drug-likeness (QED) is 0.629. The van der Waals surface area contributed by atoms with Gasteiger partial charge in [0.15, 0.2) is 0 Å². The number of nitrogens with zero attached hydrogens (tertiary/aromatic N) is 1. The van der Waals surface area contributed by atoms with Crippen LogP contribution in [0, 0.1) is 0 Å². The van der Waals surface area contributed by atoms with Gasteiger partial charge >= 0.3 is 0 Å². The minimum atomic E-state index is 0.168. The Kier molecular flexibility index (Phi) is 3.64. The maximum atomic E-state index is 9.50. The second-order valence-electron chi connectivity index (χ2n) is 5.01. The van der Waals surface area contributed by atoms with Crippen LogP contribution >= 0.6 is 0 Å². The average Bonchev–Trinajstić information content (AvgIpc) is 2.55. The molecule has 1 N–H and O–H groups in total. The Morgan fingerprint density at radius 1 is 0.900 bits per heavy atom. The Bertz CT molecular complexity index is 629. The van der Waals surface area contributed by atoms with Crippen molar-refractivity contribution in [1.82, 2.24) is 0 Å². The Labute approximate surface area is 119 Å². The van der Waals surface area contributed by atoms with Crippen LogP contribution in [0.1, 0.15) is 29.9 Å². The van der Waals surface area contributed by atoms with Crippen molar-refractivity contribution < 1.29 is 5.21 Å². The van der Waals surface area contributed by atoms with Crippen molar-refractivity contribution in [3.05, 3.63) is 77.9 Å². The van der Waals surface area contributed by atoms with E-state index >= 15 is 0 Å². The SMILES string of the molecule is ON=C1C(c2ccccc2)=CCC[C@H]1c1ccccc1. The standard InChI is InChI=1S/C18H17NO/c20-19-18-16(14-8-3-1-4-9-14)12-7-13-17(18)15-10-5-2-6-11-15/h1-6,8-12,17,20H,7,13H2/t17-/m0/s1. The summed E-state index contributed by atoms with van der Waals surface area (Å²) in [7, 11) is 0. The van der Waals surface area contributed by atoms with E-state index in [0.29, 0.717) is 0 Å². The summed E-state index contributed by atoms with van der Waals surface area (Å²) in [6.07, 6.45) is 4.16. The van der Waals surface area contributed by atoms with Crippen molar-refractivity contribution in [1.29, 1.82) is 0 Å². The van der Waals surface area contributed by atoms with Gasteiger partial charge < -0.3 is 5.21 Å². The second-order valence-corrected chi connectivity index (χ2v) is 5.01. The maximum absolute atomic E-state index is 9.50. The third-order valence-electron chi connectivity index (χ3n) is 3.80. The summed E-state index contributed by atoms with van der Waals surface area (Å²) in [5, 5.41) is 13.1. The molecule has 1 aliphatic rings. The molecule has 0 saturated carbocycles. The highest BCUT2D eigenvalue weighted by molar-refractivity contribution is 6.26. The van der Waals surface area contributed by atoms with E-state index in [1.54, 1.807) is 0 Å². The summed E-state index contributed by atoms with van der Waals surface area (Å²) >= 11 is 0. The number of allylic oxidation sites excluding steroid dienone is 2. The fraction of sp³-hybridized carbons (Fsp3) is 0.167. The lowest BCUT2D eigenvalue weighted by molar-refractivity contribution is 0.317. The van der Waals surface area contributed by atoms with Crippen molar-refractivity contribution in [2.45, 2.75) is 18.8 Å². The topological polar surface area (TPSA) is 32.6 Å². The van der Waals surface area contributed by atoms with Gasteiger partial charge in [-0.2, -0.15) is 0 Å². The molecule has 100 valence electrons. The molecule has 0 radical (unpaired) electrons. The number of hydrogen-bond acceptors (Lipinski definition) is 2. The fourth-order valence-corrected chi connectivity index (χ4v) is 2.84. The lowest BCUT2D eigenvalue weighted by Crippen LogP contribution is -2.18. The van der Waals surface area contributed by atoms with E-state index < -0.39 is 0 Å². The van der Waals surface area contributed by atoms with Crippen LogP contribution in [0.3, 0.4) is 0 Å². The molecular formula is C18H17NO. The summed E-state index contributed by atoms with van der Waals surface area (Å²) in [4.78, 5) is 0. The Balaban J connectivity index is 2.00. The van der Waals surface area contributed by atoms with Crippen LogP contribution in [0.2, 0.25) is 0 Å². The third-order valence-corrected chi connectivity index (χ3v) is 3.80. The van der Waals surface area contributed by atoms with Gasteiger partial charge in [-0.15, -0.1) is 0 Å². The second kappa shape index (κ2) is 5.74. The normalized spacial score (nSPS) is 20.7. The zero-order chi connectivity index (χ0) is 13.8. The zero-order valence-corrected chi connectivity index (χ0v) is 11.2. The van der Waals surface area contributed by atoms with Crippen LogP contribution in [0.4, 0.5) is 0 Å². The first kappa shape index (κ1) is 12.7. The number of benzene rings is 2. The van der Waals surface area contributed by atoms with E-state index in [2.05, 4.69) is 35.5 Å². The van der Waals surface area contributed by atoms with Crippen molar-refractivity contribution in [3.8, 4) is 0 Å². The predicted octanol–water partition coefficient (Wildman–Crippen LogP) is 4.48. The van der Waals surface area contributed by atoms with Crippen LogP contribution in [0.15, 0.2) is 71.9 Å². The van der Waals surface area contributed by atoms with E-state index in [-0.39, 0.29) is 5.92 Å². The van der Waals surface area contributed by atoms with E-state index in [4.69, 9.17) is 0 Å². The van der Waals surface area contributed by atoms with Crippen molar-refractivity contribution >= 4 is 11.3 Å². The molecule has 0 aliphatic heterocycles. The van der Waals surface area contributed by atoms with Crippen LogP contribution in [-0.4, -0.2) is 10.9 Å². The first-order chi connectivity index (χ1) is 9.90. The van der Waals surface area contributed by atoms with E-state index in [9.17, 15) is 5.21 Å². The Hall–Kier alpha value is -2.35. The molecule has 1 atom stereocenters. The van der Waals surface area contributed by atoms with Gasteiger partial charge in [-0.25, -0.2) is 0 Å². The smallest absolute Gasteiger partial charge is 0.0945 e. The first-order valence-electron chi connectivity index (χ1n) is 6.93. The minimum Gasteiger partial charge on any atom is -0.411 e. The number of oxime groups is 1. The predicted molar refractivity (Wildman–Crippen MR) is 82.1 cm³/mol. The summed E-state index contributed by atoms with van der Waals surface area (Å²) in [6.45, 7) is 0. The monoisotopic (exact) mass is 263 g/mol. The van der Waals surface area contributed by atoms with Crippen molar-refractivity contribution in [3.63, 3.8) is 0 Å². The molecule has 2 aromatic carbocycles. The highest BCUT2D eigenvalue weighted by Gasteiger charge is 2.26. The highest BCUT2D eigenvalue weighted by atomic mass is 16.4. The molecule has 0 fully saturated rings. The highest BCUT2D eigenvalue weighted by Crippen LogP contribution is 2.34. The van der Waals surface area contributed by atoms with Gasteiger partial charge in [-0.05, 0) is 24.0 Å². The van der Waals surface area contributed by atoms with Crippen molar-refractivity contribution in [2.75, 3.05) is 0 Å². The Morgan fingerprint density at radius 2 is 1.55 bits per heavy atom. The van der Waals surface area contributed by atoms with Gasteiger partial charge in [0, 0.05) is 11.5 Å². The van der Waals surface area contributed by atoms with Gasteiger partial charge in [0.05, 0.1) is 5.71 Å². The van der Waals surface area contributed by atoms with Crippen LogP contribution in [-0.2, 0) is 0 Å². The van der Waals surface area contributed by atoms with Crippen LogP contribution in [0.5, 0.6) is 0 Å². The number of hydrogen-bond donors (Lipinski definition) is 1. The molecule has 0 saturated heterocycles. The van der Waals surface area contributed by atoms with Crippen molar-refractivity contribution in [2.24, 2.45) is 5.16 Å².